The van der Waals surface area contributed by atoms with Crippen LogP contribution in [0.5, 0.6) is 0 Å². The van der Waals surface area contributed by atoms with E-state index < -0.39 is 0 Å². The van der Waals surface area contributed by atoms with E-state index in [0.29, 0.717) is 12.1 Å². The van der Waals surface area contributed by atoms with Gasteiger partial charge in [-0.25, -0.2) is 0 Å². The van der Waals surface area contributed by atoms with Gasteiger partial charge in [0.25, 0.3) is 5.91 Å². The van der Waals surface area contributed by atoms with Gasteiger partial charge in [-0.1, -0.05) is 6.07 Å². The van der Waals surface area contributed by atoms with E-state index in [1.54, 1.807) is 6.26 Å². The number of likely N-dealkylation sites (tertiary alicyclic amines) is 1. The molecule has 3 rings (SSSR count). The minimum absolute atomic E-state index is 0.0270. The minimum Gasteiger partial charge on any atom is -0.467 e. The molecule has 0 saturated carbocycles. The summed E-state index contributed by atoms with van der Waals surface area (Å²) in [6.07, 6.45) is 3.59. The van der Waals surface area contributed by atoms with E-state index in [1.807, 2.05) is 48.2 Å². The predicted molar refractivity (Wildman–Crippen MR) is 92.9 cm³/mol. The largest absolute Gasteiger partial charge is 0.467 e. The zero-order valence-electron chi connectivity index (χ0n) is 13.9. The van der Waals surface area contributed by atoms with E-state index in [1.165, 1.54) is 0 Å². The van der Waals surface area contributed by atoms with Gasteiger partial charge in [0.15, 0.2) is 0 Å². The molecular formula is C19H24N2O3. The molecule has 0 spiro atoms. The van der Waals surface area contributed by atoms with Crippen LogP contribution in [0.1, 0.15) is 41.9 Å². The monoisotopic (exact) mass is 328 g/mol. The summed E-state index contributed by atoms with van der Waals surface area (Å²) in [4.78, 5) is 14.6. The van der Waals surface area contributed by atoms with Crippen molar-refractivity contribution < 1.29 is 14.3 Å². The number of nitrogens with one attached hydrogen (secondary N) is 1. The van der Waals surface area contributed by atoms with Gasteiger partial charge in [-0.05, 0) is 56.0 Å². The summed E-state index contributed by atoms with van der Waals surface area (Å²) in [5, 5.41) is 12.7. The highest BCUT2D eigenvalue weighted by molar-refractivity contribution is 5.95. The maximum absolute atomic E-state index is 12.7. The van der Waals surface area contributed by atoms with Gasteiger partial charge in [0.1, 0.15) is 5.76 Å². The second-order valence-corrected chi connectivity index (χ2v) is 6.40. The van der Waals surface area contributed by atoms with Crippen molar-refractivity contribution in [1.29, 1.82) is 0 Å². The van der Waals surface area contributed by atoms with E-state index in [2.05, 4.69) is 5.32 Å². The van der Waals surface area contributed by atoms with E-state index in [9.17, 15) is 9.90 Å². The lowest BCUT2D eigenvalue weighted by Crippen LogP contribution is -2.40. The van der Waals surface area contributed by atoms with Crippen LogP contribution in [-0.2, 0) is 0 Å². The SMILES string of the molecule is CC(Nc1cccc(C(=O)N2CCCC(CO)C2)c1)c1ccco1. The molecule has 1 amide bonds. The third-order valence-corrected chi connectivity index (χ3v) is 4.53. The van der Waals surface area contributed by atoms with E-state index in [0.717, 1.165) is 30.8 Å². The Bertz CT molecular complexity index is 669. The van der Waals surface area contributed by atoms with Crippen LogP contribution >= 0.6 is 0 Å². The van der Waals surface area contributed by atoms with Gasteiger partial charge in [-0.2, -0.15) is 0 Å². The van der Waals surface area contributed by atoms with Gasteiger partial charge in [0.2, 0.25) is 0 Å². The number of rotatable bonds is 5. The Hall–Kier alpha value is -2.27. The van der Waals surface area contributed by atoms with Crippen LogP contribution in [0, 0.1) is 5.92 Å². The molecule has 1 aliphatic heterocycles. The third-order valence-electron chi connectivity index (χ3n) is 4.53. The molecule has 1 aromatic carbocycles. The molecule has 2 aromatic rings. The van der Waals surface area contributed by atoms with Crippen molar-refractivity contribution in [2.24, 2.45) is 5.92 Å². The zero-order valence-corrected chi connectivity index (χ0v) is 13.9. The summed E-state index contributed by atoms with van der Waals surface area (Å²) in [6.45, 7) is 3.56. The molecule has 0 aliphatic carbocycles. The number of hydrogen-bond donors (Lipinski definition) is 2. The topological polar surface area (TPSA) is 65.7 Å². The molecule has 2 unspecified atom stereocenters. The molecular weight excluding hydrogens is 304 g/mol. The van der Waals surface area contributed by atoms with Crippen molar-refractivity contribution in [2.45, 2.75) is 25.8 Å². The van der Waals surface area contributed by atoms with E-state index in [4.69, 9.17) is 4.42 Å². The van der Waals surface area contributed by atoms with Crippen molar-refractivity contribution in [1.82, 2.24) is 4.90 Å². The summed E-state index contributed by atoms with van der Waals surface area (Å²) < 4.78 is 5.40. The van der Waals surface area contributed by atoms with Crippen molar-refractivity contribution in [3.05, 3.63) is 54.0 Å². The minimum atomic E-state index is 0.0270. The standard InChI is InChI=1S/C19H24N2O3/c1-14(18-8-4-10-24-18)20-17-7-2-6-16(11-17)19(23)21-9-3-5-15(12-21)13-22/h2,4,6-8,10-11,14-15,20,22H,3,5,9,12-13H2,1H3. The molecule has 2 atom stereocenters. The highest BCUT2D eigenvalue weighted by Gasteiger charge is 2.24. The Balaban J connectivity index is 1.69. The van der Waals surface area contributed by atoms with Crippen LogP contribution in [-0.4, -0.2) is 35.6 Å². The number of benzene rings is 1. The van der Waals surface area contributed by atoms with Gasteiger partial charge < -0.3 is 19.7 Å². The first-order valence-electron chi connectivity index (χ1n) is 8.47. The number of aliphatic hydroxyl groups is 1. The molecule has 1 aliphatic rings. The van der Waals surface area contributed by atoms with Crippen LogP contribution in [0.3, 0.4) is 0 Å². The molecule has 5 nitrogen and oxygen atoms in total. The molecule has 1 fully saturated rings. The van der Waals surface area contributed by atoms with Gasteiger partial charge in [0.05, 0.1) is 12.3 Å². The lowest BCUT2D eigenvalue weighted by molar-refractivity contribution is 0.0621. The van der Waals surface area contributed by atoms with Gasteiger partial charge in [-0.3, -0.25) is 4.79 Å². The Labute approximate surface area is 142 Å². The fourth-order valence-corrected chi connectivity index (χ4v) is 3.18. The van der Waals surface area contributed by atoms with Crippen molar-refractivity contribution in [2.75, 3.05) is 25.0 Å². The summed E-state index contributed by atoms with van der Waals surface area (Å²) >= 11 is 0. The van der Waals surface area contributed by atoms with Crippen molar-refractivity contribution in [3.8, 4) is 0 Å². The number of piperidine rings is 1. The molecule has 24 heavy (non-hydrogen) atoms. The fourth-order valence-electron chi connectivity index (χ4n) is 3.18. The number of furan rings is 1. The third kappa shape index (κ3) is 3.79. The summed E-state index contributed by atoms with van der Waals surface area (Å²) in [5.41, 5.74) is 1.56. The number of anilines is 1. The second kappa shape index (κ2) is 7.53. The Morgan fingerprint density at radius 3 is 3.04 bits per heavy atom. The zero-order chi connectivity index (χ0) is 16.9. The lowest BCUT2D eigenvalue weighted by atomic mass is 9.98. The molecule has 128 valence electrons. The molecule has 1 saturated heterocycles. The Morgan fingerprint density at radius 1 is 1.42 bits per heavy atom. The predicted octanol–water partition coefficient (Wildman–Crippen LogP) is 3.30. The number of amides is 1. The summed E-state index contributed by atoms with van der Waals surface area (Å²) in [5.74, 6) is 1.08. The fraction of sp³-hybridized carbons (Fsp3) is 0.421. The van der Waals surface area contributed by atoms with Gasteiger partial charge in [0, 0.05) is 30.9 Å². The van der Waals surface area contributed by atoms with Gasteiger partial charge >= 0.3 is 0 Å². The van der Waals surface area contributed by atoms with Crippen molar-refractivity contribution in [3.63, 3.8) is 0 Å². The normalized spacial score (nSPS) is 19.1. The Morgan fingerprint density at radius 2 is 2.29 bits per heavy atom. The molecule has 0 bridgehead atoms. The first-order chi connectivity index (χ1) is 11.7. The van der Waals surface area contributed by atoms with Crippen LogP contribution in [0.4, 0.5) is 5.69 Å². The number of hydrogen-bond acceptors (Lipinski definition) is 4. The molecule has 2 heterocycles. The average Bonchev–Trinajstić information content (AvgIpc) is 3.16. The number of carbonyl (C=O) groups is 1. The van der Waals surface area contributed by atoms with E-state index in [-0.39, 0.29) is 24.5 Å². The lowest BCUT2D eigenvalue weighted by Gasteiger charge is -2.32. The first kappa shape index (κ1) is 16.6. The highest BCUT2D eigenvalue weighted by atomic mass is 16.3. The summed E-state index contributed by atoms with van der Waals surface area (Å²) in [7, 11) is 0. The maximum atomic E-state index is 12.7. The van der Waals surface area contributed by atoms with Crippen LogP contribution < -0.4 is 5.32 Å². The quantitative estimate of drug-likeness (QED) is 0.884. The number of nitrogens with zero attached hydrogens (tertiary/aromatic N) is 1. The second-order valence-electron chi connectivity index (χ2n) is 6.40. The van der Waals surface area contributed by atoms with Gasteiger partial charge in [-0.15, -0.1) is 0 Å². The molecule has 5 heteroatoms. The van der Waals surface area contributed by atoms with Crippen molar-refractivity contribution >= 4 is 11.6 Å². The number of aliphatic hydroxyl groups excluding tert-OH is 1. The average molecular weight is 328 g/mol. The molecule has 1 aromatic heterocycles. The van der Waals surface area contributed by atoms with E-state index >= 15 is 0 Å². The smallest absolute Gasteiger partial charge is 0.253 e. The highest BCUT2D eigenvalue weighted by Crippen LogP contribution is 2.22. The molecule has 2 N–H and O–H groups in total. The summed E-state index contributed by atoms with van der Waals surface area (Å²) in [6, 6.07) is 11.4. The maximum Gasteiger partial charge on any atom is 0.253 e. The Kier molecular flexibility index (Phi) is 5.20. The molecule has 0 radical (unpaired) electrons. The van der Waals surface area contributed by atoms with Crippen LogP contribution in [0.25, 0.3) is 0 Å². The van der Waals surface area contributed by atoms with Crippen LogP contribution in [0.2, 0.25) is 0 Å². The van der Waals surface area contributed by atoms with Crippen LogP contribution in [0.15, 0.2) is 47.1 Å². The first-order valence-corrected chi connectivity index (χ1v) is 8.47. The number of carbonyl (C=O) groups excluding carboxylic acids is 1.